The number of terminal acetylenes is 1. The maximum absolute atomic E-state index is 12.8. The molecule has 3 aromatic rings. The standard InChI is InChI=1S/C21H18N2O4S/c1-3-12-23-19-16(25-4-2)10-7-11-18(19)28-21(23)22-20(24)17-13-26-14-8-5-6-9-15(14)27-17/h1,5-11,17H,4,12-13H2,2H3/t17-/m0/s1. The number of para-hydroxylation sites is 3. The van der Waals surface area contributed by atoms with Crippen LogP contribution >= 0.6 is 11.3 Å². The molecule has 0 bridgehead atoms. The summed E-state index contributed by atoms with van der Waals surface area (Å²) in [6.45, 7) is 2.84. The number of amides is 1. The van der Waals surface area contributed by atoms with Crippen LogP contribution in [0.4, 0.5) is 0 Å². The molecule has 0 N–H and O–H groups in total. The summed E-state index contributed by atoms with van der Waals surface area (Å²) in [6, 6.07) is 13.0. The Morgan fingerprint density at radius 3 is 2.93 bits per heavy atom. The predicted molar refractivity (Wildman–Crippen MR) is 107 cm³/mol. The van der Waals surface area contributed by atoms with E-state index in [9.17, 15) is 4.79 Å². The van der Waals surface area contributed by atoms with Crippen molar-refractivity contribution in [3.05, 3.63) is 47.3 Å². The molecule has 1 aromatic heterocycles. The summed E-state index contributed by atoms with van der Waals surface area (Å²) in [7, 11) is 0. The van der Waals surface area contributed by atoms with Crippen LogP contribution in [0.1, 0.15) is 6.92 Å². The Hall–Kier alpha value is -3.24. The molecule has 0 spiro atoms. The highest BCUT2D eigenvalue weighted by molar-refractivity contribution is 7.16. The number of hydrogen-bond donors (Lipinski definition) is 0. The van der Waals surface area contributed by atoms with Crippen molar-refractivity contribution in [2.24, 2.45) is 4.99 Å². The average molecular weight is 394 g/mol. The van der Waals surface area contributed by atoms with Crippen molar-refractivity contribution >= 4 is 27.5 Å². The predicted octanol–water partition coefficient (Wildman–Crippen LogP) is 3.00. The second kappa shape index (κ2) is 7.79. The second-order valence-electron chi connectivity index (χ2n) is 6.03. The average Bonchev–Trinajstić information content (AvgIpc) is 3.06. The smallest absolute Gasteiger partial charge is 0.292 e. The lowest BCUT2D eigenvalue weighted by Crippen LogP contribution is -2.36. The minimum atomic E-state index is -0.800. The van der Waals surface area contributed by atoms with Crippen molar-refractivity contribution in [3.8, 4) is 29.6 Å². The fourth-order valence-corrected chi connectivity index (χ4v) is 4.05. The SMILES string of the molecule is C#CCn1c(=NC(=O)[C@@H]2COc3ccccc3O2)sc2cccc(OCC)c21. The Balaban J connectivity index is 1.73. The third-order valence-corrected chi connectivity index (χ3v) is 5.25. The van der Waals surface area contributed by atoms with Crippen molar-refractivity contribution in [1.29, 1.82) is 0 Å². The molecule has 142 valence electrons. The number of hydrogen-bond acceptors (Lipinski definition) is 5. The number of ether oxygens (including phenoxy) is 3. The van der Waals surface area contributed by atoms with Crippen LogP contribution in [0.3, 0.4) is 0 Å². The monoisotopic (exact) mass is 394 g/mol. The summed E-state index contributed by atoms with van der Waals surface area (Å²) in [5, 5.41) is 0. The van der Waals surface area contributed by atoms with Crippen LogP contribution in [0.5, 0.6) is 17.2 Å². The van der Waals surface area contributed by atoms with Gasteiger partial charge in [-0.2, -0.15) is 4.99 Å². The molecule has 0 saturated carbocycles. The second-order valence-corrected chi connectivity index (χ2v) is 7.03. The lowest BCUT2D eigenvalue weighted by atomic mass is 10.2. The fraction of sp³-hybridized carbons (Fsp3) is 0.238. The minimum absolute atomic E-state index is 0.115. The molecule has 6 nitrogen and oxygen atoms in total. The van der Waals surface area contributed by atoms with Gasteiger partial charge in [0, 0.05) is 0 Å². The summed E-state index contributed by atoms with van der Waals surface area (Å²) in [4.78, 5) is 17.6. The van der Waals surface area contributed by atoms with E-state index in [0.29, 0.717) is 28.7 Å². The molecule has 1 atom stereocenters. The van der Waals surface area contributed by atoms with Crippen LogP contribution < -0.4 is 19.0 Å². The molecule has 0 radical (unpaired) electrons. The number of aromatic nitrogens is 1. The van der Waals surface area contributed by atoms with E-state index in [-0.39, 0.29) is 13.2 Å². The summed E-state index contributed by atoms with van der Waals surface area (Å²) >= 11 is 1.39. The lowest BCUT2D eigenvalue weighted by Gasteiger charge is -2.23. The van der Waals surface area contributed by atoms with Gasteiger partial charge in [-0.3, -0.25) is 4.79 Å². The van der Waals surface area contributed by atoms with Crippen molar-refractivity contribution in [2.45, 2.75) is 19.6 Å². The van der Waals surface area contributed by atoms with E-state index >= 15 is 0 Å². The molecule has 2 aromatic carbocycles. The first-order valence-corrected chi connectivity index (χ1v) is 9.68. The van der Waals surface area contributed by atoms with Crippen LogP contribution in [0, 0.1) is 12.3 Å². The maximum atomic E-state index is 12.8. The lowest BCUT2D eigenvalue weighted by molar-refractivity contribution is -0.127. The topological polar surface area (TPSA) is 62.1 Å². The van der Waals surface area contributed by atoms with Crippen LogP contribution in [0.2, 0.25) is 0 Å². The zero-order valence-corrected chi connectivity index (χ0v) is 16.1. The molecule has 1 amide bonds. The summed E-state index contributed by atoms with van der Waals surface area (Å²) in [5.74, 6) is 4.09. The first-order chi connectivity index (χ1) is 13.7. The minimum Gasteiger partial charge on any atom is -0.492 e. The van der Waals surface area contributed by atoms with Gasteiger partial charge >= 0.3 is 0 Å². The van der Waals surface area contributed by atoms with Gasteiger partial charge in [0.25, 0.3) is 5.91 Å². The number of carbonyl (C=O) groups is 1. The summed E-state index contributed by atoms with van der Waals surface area (Å²) in [6.07, 6.45) is 4.75. The van der Waals surface area contributed by atoms with Gasteiger partial charge < -0.3 is 18.8 Å². The number of carbonyl (C=O) groups excluding carboxylic acids is 1. The Bertz CT molecular complexity index is 1140. The number of thiazole rings is 1. The fourth-order valence-electron chi connectivity index (χ4n) is 3.00. The molecular weight excluding hydrogens is 376 g/mol. The first-order valence-electron chi connectivity index (χ1n) is 8.87. The zero-order chi connectivity index (χ0) is 19.5. The van der Waals surface area contributed by atoms with Gasteiger partial charge in [0.15, 0.2) is 16.3 Å². The van der Waals surface area contributed by atoms with Gasteiger partial charge in [0.05, 0.1) is 17.9 Å². The first kappa shape index (κ1) is 18.1. The van der Waals surface area contributed by atoms with Crippen molar-refractivity contribution < 1.29 is 19.0 Å². The van der Waals surface area contributed by atoms with Crippen LogP contribution in [-0.4, -0.2) is 29.8 Å². The third kappa shape index (κ3) is 3.35. The van der Waals surface area contributed by atoms with E-state index in [1.807, 2.05) is 41.8 Å². The highest BCUT2D eigenvalue weighted by Crippen LogP contribution is 2.31. The largest absolute Gasteiger partial charge is 0.492 e. The molecule has 28 heavy (non-hydrogen) atoms. The number of nitrogens with zero attached hydrogens (tertiary/aromatic N) is 2. The molecule has 0 fully saturated rings. The molecule has 1 aliphatic rings. The van der Waals surface area contributed by atoms with E-state index in [4.69, 9.17) is 20.6 Å². The quantitative estimate of drug-likeness (QED) is 0.639. The molecule has 4 rings (SSSR count). The molecule has 0 aliphatic carbocycles. The van der Waals surface area contributed by atoms with Crippen LogP contribution in [0.25, 0.3) is 10.2 Å². The van der Waals surface area contributed by atoms with Gasteiger partial charge in [-0.15, -0.1) is 6.42 Å². The van der Waals surface area contributed by atoms with E-state index in [0.717, 1.165) is 10.2 Å². The Kier molecular flexibility index (Phi) is 5.04. The van der Waals surface area contributed by atoms with Gasteiger partial charge in [-0.05, 0) is 31.2 Å². The Morgan fingerprint density at radius 2 is 2.14 bits per heavy atom. The molecule has 0 unspecified atom stereocenters. The van der Waals surface area contributed by atoms with Gasteiger partial charge in [0.1, 0.15) is 17.9 Å². The number of fused-ring (bicyclic) bond motifs is 2. The number of benzene rings is 2. The molecular formula is C21H18N2O4S. The van der Waals surface area contributed by atoms with Gasteiger partial charge in [-0.25, -0.2) is 0 Å². The molecule has 2 heterocycles. The van der Waals surface area contributed by atoms with E-state index in [1.54, 1.807) is 12.1 Å². The van der Waals surface area contributed by atoms with Gasteiger partial charge in [0.2, 0.25) is 6.10 Å². The molecule has 7 heteroatoms. The Labute approximate surface area is 166 Å². The maximum Gasteiger partial charge on any atom is 0.292 e. The highest BCUT2D eigenvalue weighted by atomic mass is 32.1. The Morgan fingerprint density at radius 1 is 1.32 bits per heavy atom. The summed E-state index contributed by atoms with van der Waals surface area (Å²) < 4.78 is 19.9. The van der Waals surface area contributed by atoms with Crippen molar-refractivity contribution in [3.63, 3.8) is 0 Å². The molecule has 0 saturated heterocycles. The van der Waals surface area contributed by atoms with Crippen molar-refractivity contribution in [2.75, 3.05) is 13.2 Å². The summed E-state index contributed by atoms with van der Waals surface area (Å²) in [5.41, 5.74) is 0.838. The van der Waals surface area contributed by atoms with Crippen molar-refractivity contribution in [1.82, 2.24) is 4.57 Å². The van der Waals surface area contributed by atoms with Gasteiger partial charge in [-0.1, -0.05) is 35.5 Å². The highest BCUT2D eigenvalue weighted by Gasteiger charge is 2.27. The van der Waals surface area contributed by atoms with Crippen LogP contribution in [-0.2, 0) is 11.3 Å². The zero-order valence-electron chi connectivity index (χ0n) is 15.3. The van der Waals surface area contributed by atoms with E-state index < -0.39 is 12.0 Å². The van der Waals surface area contributed by atoms with E-state index in [2.05, 4.69) is 10.9 Å². The van der Waals surface area contributed by atoms with E-state index in [1.165, 1.54) is 11.3 Å². The van der Waals surface area contributed by atoms with Crippen LogP contribution in [0.15, 0.2) is 47.5 Å². The normalized spacial score (nSPS) is 16.0. The number of rotatable bonds is 4. The molecule has 1 aliphatic heterocycles. The third-order valence-electron chi connectivity index (χ3n) is 4.20.